The summed E-state index contributed by atoms with van der Waals surface area (Å²) in [5.74, 6) is 0. The predicted octanol–water partition coefficient (Wildman–Crippen LogP) is 3.34. The topological polar surface area (TPSA) is 29.5 Å². The van der Waals surface area contributed by atoms with Crippen LogP contribution in [-0.2, 0) is 4.74 Å². The third-order valence-electron chi connectivity index (χ3n) is 2.70. The van der Waals surface area contributed by atoms with E-state index in [4.69, 9.17) is 4.74 Å². The molecule has 1 aliphatic rings. The van der Waals surface area contributed by atoms with Crippen molar-refractivity contribution in [3.63, 3.8) is 0 Å². The average molecular weight is 253 g/mol. The van der Waals surface area contributed by atoms with Gasteiger partial charge in [-0.15, -0.1) is 0 Å². The number of likely N-dealkylation sites (tertiary alicyclic amines) is 1. The molecule has 1 rings (SSSR count). The zero-order valence-corrected chi connectivity index (χ0v) is 10.1. The molecule has 1 amide bonds. The first-order valence-electron chi connectivity index (χ1n) is 5.86. The molecule has 0 aromatic heterocycles. The van der Waals surface area contributed by atoms with Crippen molar-refractivity contribution in [1.82, 2.24) is 4.90 Å². The lowest BCUT2D eigenvalue weighted by Crippen LogP contribution is -2.49. The minimum atomic E-state index is -4.37. The van der Waals surface area contributed by atoms with Gasteiger partial charge in [-0.2, -0.15) is 13.2 Å². The van der Waals surface area contributed by atoms with Crippen LogP contribution in [0.15, 0.2) is 0 Å². The monoisotopic (exact) mass is 253 g/mol. The van der Waals surface area contributed by atoms with Gasteiger partial charge < -0.3 is 4.74 Å². The molecule has 1 unspecified atom stereocenters. The van der Waals surface area contributed by atoms with Gasteiger partial charge in [0.1, 0.15) is 6.04 Å². The summed E-state index contributed by atoms with van der Waals surface area (Å²) in [7, 11) is 0. The molecule has 0 radical (unpaired) electrons. The van der Waals surface area contributed by atoms with Gasteiger partial charge in [-0.05, 0) is 26.7 Å². The van der Waals surface area contributed by atoms with Crippen molar-refractivity contribution in [1.29, 1.82) is 0 Å². The minimum absolute atomic E-state index is 0.0311. The Morgan fingerprint density at radius 2 is 1.94 bits per heavy atom. The zero-order valence-electron chi connectivity index (χ0n) is 10.1. The maximum Gasteiger partial charge on any atom is 0.410 e. The van der Waals surface area contributed by atoms with Gasteiger partial charge in [-0.25, -0.2) is 4.79 Å². The van der Waals surface area contributed by atoms with Gasteiger partial charge >= 0.3 is 12.3 Å². The molecule has 0 aliphatic carbocycles. The summed E-state index contributed by atoms with van der Waals surface area (Å²) in [5, 5.41) is 0. The Hall–Kier alpha value is -0.940. The van der Waals surface area contributed by atoms with Gasteiger partial charge in [-0.1, -0.05) is 12.8 Å². The third kappa shape index (κ3) is 4.09. The van der Waals surface area contributed by atoms with E-state index >= 15 is 0 Å². The highest BCUT2D eigenvalue weighted by molar-refractivity contribution is 5.68. The largest absolute Gasteiger partial charge is 0.447 e. The second-order valence-electron chi connectivity index (χ2n) is 4.53. The second kappa shape index (κ2) is 5.60. The summed E-state index contributed by atoms with van der Waals surface area (Å²) in [6.45, 7) is 3.37. The van der Waals surface area contributed by atoms with E-state index in [0.29, 0.717) is 12.8 Å². The summed E-state index contributed by atoms with van der Waals surface area (Å²) in [6, 6.07) is -1.70. The average Bonchev–Trinajstić information content (AvgIpc) is 2.39. The van der Waals surface area contributed by atoms with Gasteiger partial charge in [0.2, 0.25) is 0 Å². The molecular formula is C11H18F3NO2. The molecule has 0 saturated carbocycles. The number of nitrogens with zero attached hydrogens (tertiary/aromatic N) is 1. The number of halogens is 3. The standard InChI is InChI=1S/C11H18F3NO2/c1-8(2)17-10(16)15-7-5-3-4-6-9(15)11(12,13)14/h8-9H,3-7H2,1-2H3. The van der Waals surface area contributed by atoms with Crippen LogP contribution in [0.1, 0.15) is 39.5 Å². The first kappa shape index (κ1) is 14.1. The molecule has 6 heteroatoms. The summed E-state index contributed by atoms with van der Waals surface area (Å²) in [5.41, 5.74) is 0. The fourth-order valence-corrected chi connectivity index (χ4v) is 1.94. The van der Waals surface area contributed by atoms with Crippen molar-refractivity contribution in [3.8, 4) is 0 Å². The molecule has 100 valence electrons. The van der Waals surface area contributed by atoms with Crippen molar-refractivity contribution in [2.24, 2.45) is 0 Å². The van der Waals surface area contributed by atoms with Crippen LogP contribution in [0.4, 0.5) is 18.0 Å². The molecule has 1 atom stereocenters. The van der Waals surface area contributed by atoms with E-state index in [1.807, 2.05) is 0 Å². The van der Waals surface area contributed by atoms with Crippen LogP contribution in [0, 0.1) is 0 Å². The highest BCUT2D eigenvalue weighted by Crippen LogP contribution is 2.31. The summed E-state index contributed by atoms with van der Waals surface area (Å²) < 4.78 is 43.3. The van der Waals surface area contributed by atoms with E-state index in [2.05, 4.69) is 0 Å². The Kier molecular flexibility index (Phi) is 4.65. The van der Waals surface area contributed by atoms with E-state index in [9.17, 15) is 18.0 Å². The molecule has 1 fully saturated rings. The van der Waals surface area contributed by atoms with Crippen LogP contribution in [0.2, 0.25) is 0 Å². The highest BCUT2D eigenvalue weighted by atomic mass is 19.4. The maximum absolute atomic E-state index is 12.8. The number of carbonyl (C=O) groups is 1. The number of carbonyl (C=O) groups excluding carboxylic acids is 1. The first-order chi connectivity index (χ1) is 7.82. The van der Waals surface area contributed by atoms with Crippen molar-refractivity contribution in [2.45, 2.75) is 57.9 Å². The van der Waals surface area contributed by atoms with Crippen LogP contribution in [0.5, 0.6) is 0 Å². The van der Waals surface area contributed by atoms with E-state index in [0.717, 1.165) is 11.3 Å². The van der Waals surface area contributed by atoms with Gasteiger partial charge in [0.25, 0.3) is 0 Å². The van der Waals surface area contributed by atoms with Crippen LogP contribution in [0.3, 0.4) is 0 Å². The molecule has 17 heavy (non-hydrogen) atoms. The quantitative estimate of drug-likeness (QED) is 0.717. The Bertz CT molecular complexity index is 266. The molecule has 0 aromatic rings. The fourth-order valence-electron chi connectivity index (χ4n) is 1.94. The lowest BCUT2D eigenvalue weighted by molar-refractivity contribution is -0.180. The lowest BCUT2D eigenvalue weighted by Gasteiger charge is -2.31. The normalized spacial score (nSPS) is 22.5. The zero-order chi connectivity index (χ0) is 13.1. The minimum Gasteiger partial charge on any atom is -0.447 e. The molecule has 0 aromatic carbocycles. The molecule has 0 spiro atoms. The van der Waals surface area contributed by atoms with Crippen LogP contribution >= 0.6 is 0 Å². The number of alkyl halides is 3. The van der Waals surface area contributed by atoms with Crippen molar-refractivity contribution in [2.75, 3.05) is 6.54 Å². The van der Waals surface area contributed by atoms with Crippen LogP contribution < -0.4 is 0 Å². The maximum atomic E-state index is 12.8. The Labute approximate surface area is 98.9 Å². The second-order valence-corrected chi connectivity index (χ2v) is 4.53. The molecule has 3 nitrogen and oxygen atoms in total. The summed E-state index contributed by atoms with van der Waals surface area (Å²) in [4.78, 5) is 12.4. The van der Waals surface area contributed by atoms with Crippen molar-refractivity contribution >= 4 is 6.09 Å². The predicted molar refractivity (Wildman–Crippen MR) is 56.6 cm³/mol. The Morgan fingerprint density at radius 1 is 1.29 bits per heavy atom. The first-order valence-corrected chi connectivity index (χ1v) is 5.86. The number of ether oxygens (including phenoxy) is 1. The number of hydrogen-bond donors (Lipinski definition) is 0. The van der Waals surface area contributed by atoms with Gasteiger partial charge in [-0.3, -0.25) is 4.90 Å². The van der Waals surface area contributed by atoms with Crippen molar-refractivity contribution in [3.05, 3.63) is 0 Å². The van der Waals surface area contributed by atoms with Gasteiger partial charge in [0, 0.05) is 6.54 Å². The van der Waals surface area contributed by atoms with Crippen LogP contribution in [0.25, 0.3) is 0 Å². The highest BCUT2D eigenvalue weighted by Gasteiger charge is 2.46. The van der Waals surface area contributed by atoms with Crippen LogP contribution in [-0.4, -0.2) is 35.9 Å². The van der Waals surface area contributed by atoms with E-state index < -0.39 is 24.4 Å². The van der Waals surface area contributed by atoms with Gasteiger partial charge in [0.05, 0.1) is 6.10 Å². The van der Waals surface area contributed by atoms with E-state index in [-0.39, 0.29) is 13.0 Å². The fraction of sp³-hybridized carbons (Fsp3) is 0.909. The Balaban J connectivity index is 2.78. The third-order valence-corrected chi connectivity index (χ3v) is 2.70. The smallest absolute Gasteiger partial charge is 0.410 e. The molecule has 0 N–H and O–H groups in total. The Morgan fingerprint density at radius 3 is 2.47 bits per heavy atom. The lowest BCUT2D eigenvalue weighted by atomic mass is 10.1. The number of amides is 1. The van der Waals surface area contributed by atoms with E-state index in [1.54, 1.807) is 13.8 Å². The summed E-state index contributed by atoms with van der Waals surface area (Å²) >= 11 is 0. The summed E-state index contributed by atoms with van der Waals surface area (Å²) in [6.07, 6.45) is -3.85. The number of hydrogen-bond acceptors (Lipinski definition) is 2. The number of rotatable bonds is 1. The van der Waals surface area contributed by atoms with E-state index in [1.165, 1.54) is 0 Å². The molecule has 1 saturated heterocycles. The SMILES string of the molecule is CC(C)OC(=O)N1CCCCCC1C(F)(F)F. The molecule has 1 heterocycles. The molecular weight excluding hydrogens is 235 g/mol. The molecule has 1 aliphatic heterocycles. The van der Waals surface area contributed by atoms with Gasteiger partial charge in [0.15, 0.2) is 0 Å². The van der Waals surface area contributed by atoms with Crippen molar-refractivity contribution < 1.29 is 22.7 Å². The molecule has 0 bridgehead atoms.